The molecule has 2 nitrogen and oxygen atoms in total. The summed E-state index contributed by atoms with van der Waals surface area (Å²) in [6, 6.07) is 14.3. The van der Waals surface area contributed by atoms with E-state index in [0.29, 0.717) is 5.56 Å². The van der Waals surface area contributed by atoms with Gasteiger partial charge in [-0.2, -0.15) is 0 Å². The molecule has 2 heteroatoms. The molecule has 2 atom stereocenters. The Hall–Kier alpha value is -2.48. The van der Waals surface area contributed by atoms with Gasteiger partial charge < -0.3 is 10.2 Å². The van der Waals surface area contributed by atoms with E-state index in [4.69, 9.17) is 0 Å². The average molecular weight is 391 g/mol. The normalized spacial score (nSPS) is 19.0. The molecule has 0 aliphatic heterocycles. The monoisotopic (exact) mass is 390 g/mol. The van der Waals surface area contributed by atoms with Gasteiger partial charge in [0.2, 0.25) is 0 Å². The largest absolute Gasteiger partial charge is 0.507 e. The highest BCUT2D eigenvalue weighted by atomic mass is 16.3. The Labute approximate surface area is 175 Å². The van der Waals surface area contributed by atoms with Crippen LogP contribution in [-0.2, 0) is 12.8 Å². The highest BCUT2D eigenvalue weighted by molar-refractivity contribution is 5.51. The molecule has 1 aliphatic rings. The molecule has 29 heavy (non-hydrogen) atoms. The Bertz CT molecular complexity index is 840. The van der Waals surface area contributed by atoms with E-state index in [1.165, 1.54) is 11.1 Å². The molecule has 154 valence electrons. The SMILES string of the molecule is C=C(C)[C@@H]1CCC(C)=C[C@H]1c1c(O)cc(CCCCCc2ccccc2)cc1O. The van der Waals surface area contributed by atoms with E-state index in [1.54, 1.807) is 0 Å². The molecule has 0 spiro atoms. The number of unbranched alkanes of at least 4 members (excludes halogenated alkanes) is 2. The molecular formula is C27H34O2. The van der Waals surface area contributed by atoms with Crippen molar-refractivity contribution in [3.05, 3.63) is 83.0 Å². The minimum Gasteiger partial charge on any atom is -0.507 e. The second-order valence-corrected chi connectivity index (χ2v) is 8.62. The molecule has 0 saturated carbocycles. The van der Waals surface area contributed by atoms with Crippen molar-refractivity contribution in [2.75, 3.05) is 0 Å². The van der Waals surface area contributed by atoms with Crippen LogP contribution in [-0.4, -0.2) is 10.2 Å². The van der Waals surface area contributed by atoms with Gasteiger partial charge in [0.15, 0.2) is 0 Å². The predicted octanol–water partition coefficient (Wildman–Crippen LogP) is 7.07. The molecule has 0 aromatic heterocycles. The lowest BCUT2D eigenvalue weighted by atomic mass is 9.73. The summed E-state index contributed by atoms with van der Waals surface area (Å²) in [4.78, 5) is 0. The summed E-state index contributed by atoms with van der Waals surface area (Å²) in [6.45, 7) is 8.31. The summed E-state index contributed by atoms with van der Waals surface area (Å²) in [7, 11) is 0. The molecule has 0 fully saturated rings. The number of benzene rings is 2. The van der Waals surface area contributed by atoms with Crippen molar-refractivity contribution in [2.45, 2.75) is 64.7 Å². The number of aromatic hydroxyl groups is 2. The number of phenolic OH excluding ortho intramolecular Hbond substituents is 2. The topological polar surface area (TPSA) is 40.5 Å². The molecule has 0 bridgehead atoms. The van der Waals surface area contributed by atoms with Crippen LogP contribution in [0.3, 0.4) is 0 Å². The first-order valence-electron chi connectivity index (χ1n) is 10.9. The maximum absolute atomic E-state index is 10.7. The summed E-state index contributed by atoms with van der Waals surface area (Å²) in [5, 5.41) is 21.5. The highest BCUT2D eigenvalue weighted by Crippen LogP contribution is 2.46. The summed E-state index contributed by atoms with van der Waals surface area (Å²) in [5.41, 5.74) is 5.47. The Balaban J connectivity index is 1.63. The van der Waals surface area contributed by atoms with Gasteiger partial charge >= 0.3 is 0 Å². The average Bonchev–Trinajstić information content (AvgIpc) is 2.68. The van der Waals surface area contributed by atoms with E-state index in [-0.39, 0.29) is 23.3 Å². The molecule has 0 heterocycles. The Kier molecular flexibility index (Phi) is 7.19. The van der Waals surface area contributed by atoms with E-state index >= 15 is 0 Å². The standard InChI is InChI=1S/C27H34O2/c1-19(2)23-15-14-20(3)16-24(23)27-25(28)17-22(18-26(27)29)13-9-5-8-12-21-10-6-4-7-11-21/h4,6-7,10-11,16-18,23-24,28-29H,1,5,8-9,12-15H2,2-3H3/t23-,24+/m0/s1. The molecule has 3 rings (SSSR count). The fourth-order valence-electron chi connectivity index (χ4n) is 4.55. The van der Waals surface area contributed by atoms with Crippen LogP contribution in [0.5, 0.6) is 11.5 Å². The maximum Gasteiger partial charge on any atom is 0.123 e. The van der Waals surface area contributed by atoms with Crippen LogP contribution in [0.1, 0.15) is 68.6 Å². The second kappa shape index (κ2) is 9.82. The van der Waals surface area contributed by atoms with Crippen LogP contribution >= 0.6 is 0 Å². The molecule has 2 aromatic rings. The van der Waals surface area contributed by atoms with Gasteiger partial charge in [-0.25, -0.2) is 0 Å². The zero-order valence-corrected chi connectivity index (χ0v) is 17.8. The van der Waals surface area contributed by atoms with Gasteiger partial charge in [0.05, 0.1) is 0 Å². The predicted molar refractivity (Wildman–Crippen MR) is 122 cm³/mol. The Morgan fingerprint density at radius 1 is 0.966 bits per heavy atom. The van der Waals surface area contributed by atoms with E-state index < -0.39 is 0 Å². The third kappa shape index (κ3) is 5.53. The van der Waals surface area contributed by atoms with E-state index in [1.807, 2.05) is 19.1 Å². The van der Waals surface area contributed by atoms with Crippen molar-refractivity contribution in [1.29, 1.82) is 0 Å². The van der Waals surface area contributed by atoms with Crippen molar-refractivity contribution in [1.82, 2.24) is 0 Å². The van der Waals surface area contributed by atoms with E-state index in [0.717, 1.165) is 56.1 Å². The quantitative estimate of drug-likeness (QED) is 0.374. The minimum atomic E-state index is 0.00109. The summed E-state index contributed by atoms with van der Waals surface area (Å²) < 4.78 is 0. The molecular weight excluding hydrogens is 356 g/mol. The summed E-state index contributed by atoms with van der Waals surface area (Å²) in [6.07, 6.45) is 9.60. The third-order valence-electron chi connectivity index (χ3n) is 6.18. The first kappa shape index (κ1) is 21.2. The van der Waals surface area contributed by atoms with Crippen LogP contribution < -0.4 is 0 Å². The summed E-state index contributed by atoms with van der Waals surface area (Å²) in [5.74, 6) is 0.693. The van der Waals surface area contributed by atoms with Gasteiger partial charge in [0.25, 0.3) is 0 Å². The van der Waals surface area contributed by atoms with Crippen molar-refractivity contribution in [3.63, 3.8) is 0 Å². The lowest BCUT2D eigenvalue weighted by Crippen LogP contribution is -2.17. The van der Waals surface area contributed by atoms with Crippen LogP contribution in [0.15, 0.2) is 66.3 Å². The fraction of sp³-hybridized carbons (Fsp3) is 0.407. The van der Waals surface area contributed by atoms with Crippen molar-refractivity contribution in [2.24, 2.45) is 5.92 Å². The molecule has 0 unspecified atom stereocenters. The van der Waals surface area contributed by atoms with Gasteiger partial charge in [0, 0.05) is 11.5 Å². The van der Waals surface area contributed by atoms with Gasteiger partial charge in [-0.3, -0.25) is 0 Å². The van der Waals surface area contributed by atoms with Crippen molar-refractivity contribution >= 4 is 0 Å². The highest BCUT2D eigenvalue weighted by Gasteiger charge is 2.30. The zero-order chi connectivity index (χ0) is 20.8. The molecule has 0 amide bonds. The Morgan fingerprint density at radius 3 is 2.21 bits per heavy atom. The van der Waals surface area contributed by atoms with Gasteiger partial charge in [-0.1, -0.05) is 60.6 Å². The van der Waals surface area contributed by atoms with Crippen LogP contribution in [0.25, 0.3) is 0 Å². The van der Waals surface area contributed by atoms with Gasteiger partial charge in [-0.05, 0) is 81.5 Å². The first-order valence-corrected chi connectivity index (χ1v) is 10.9. The van der Waals surface area contributed by atoms with Crippen LogP contribution in [0.4, 0.5) is 0 Å². The zero-order valence-electron chi connectivity index (χ0n) is 17.8. The van der Waals surface area contributed by atoms with Crippen molar-refractivity contribution in [3.8, 4) is 11.5 Å². The molecule has 0 saturated heterocycles. The molecule has 2 N–H and O–H groups in total. The smallest absolute Gasteiger partial charge is 0.123 e. The lowest BCUT2D eigenvalue weighted by Gasteiger charge is -2.31. The third-order valence-corrected chi connectivity index (χ3v) is 6.18. The second-order valence-electron chi connectivity index (χ2n) is 8.62. The van der Waals surface area contributed by atoms with Crippen molar-refractivity contribution < 1.29 is 10.2 Å². The molecule has 1 aliphatic carbocycles. The molecule has 0 radical (unpaired) electrons. The number of hydrogen-bond acceptors (Lipinski definition) is 2. The van der Waals surface area contributed by atoms with E-state index in [2.05, 4.69) is 49.9 Å². The number of allylic oxidation sites excluding steroid dienone is 3. The Morgan fingerprint density at radius 2 is 1.59 bits per heavy atom. The number of hydrogen-bond donors (Lipinski definition) is 2. The maximum atomic E-state index is 10.7. The number of aryl methyl sites for hydroxylation is 2. The number of phenols is 2. The molecule has 2 aromatic carbocycles. The first-order chi connectivity index (χ1) is 14.0. The summed E-state index contributed by atoms with van der Waals surface area (Å²) >= 11 is 0. The fourth-order valence-corrected chi connectivity index (χ4v) is 4.55. The van der Waals surface area contributed by atoms with Crippen LogP contribution in [0, 0.1) is 5.92 Å². The van der Waals surface area contributed by atoms with Crippen LogP contribution in [0.2, 0.25) is 0 Å². The van der Waals surface area contributed by atoms with Gasteiger partial charge in [-0.15, -0.1) is 0 Å². The number of rotatable bonds is 8. The minimum absolute atomic E-state index is 0.00109. The van der Waals surface area contributed by atoms with Gasteiger partial charge in [0.1, 0.15) is 11.5 Å². The van der Waals surface area contributed by atoms with E-state index in [9.17, 15) is 10.2 Å². The lowest BCUT2D eigenvalue weighted by molar-refractivity contribution is 0.406.